The van der Waals surface area contributed by atoms with Gasteiger partial charge in [-0.1, -0.05) is 23.5 Å². The van der Waals surface area contributed by atoms with Gasteiger partial charge in [-0.2, -0.15) is 0 Å². The van der Waals surface area contributed by atoms with Crippen molar-refractivity contribution < 1.29 is 23.8 Å². The number of amides is 2. The zero-order chi connectivity index (χ0) is 25.9. The molecule has 0 radical (unpaired) electrons. The van der Waals surface area contributed by atoms with E-state index >= 15 is 0 Å². The number of thiazole rings is 1. The summed E-state index contributed by atoms with van der Waals surface area (Å²) in [5.74, 6) is 1.38. The smallest absolute Gasteiger partial charge is 0.231 e. The summed E-state index contributed by atoms with van der Waals surface area (Å²) in [4.78, 5) is 33.3. The second-order valence-corrected chi connectivity index (χ2v) is 9.70. The van der Waals surface area contributed by atoms with Gasteiger partial charge in [-0.25, -0.2) is 4.98 Å². The Balaban J connectivity index is 1.50. The first kappa shape index (κ1) is 24.6. The van der Waals surface area contributed by atoms with Crippen LogP contribution in [0.5, 0.6) is 17.2 Å². The fourth-order valence-corrected chi connectivity index (χ4v) is 5.53. The average molecular weight is 518 g/mol. The molecule has 0 bridgehead atoms. The minimum Gasteiger partial charge on any atom is -0.497 e. The molecular formula is C28H27N3O5S. The second-order valence-electron chi connectivity index (χ2n) is 8.67. The van der Waals surface area contributed by atoms with Crippen molar-refractivity contribution in [1.82, 2.24) is 4.98 Å². The monoisotopic (exact) mass is 517 g/mol. The number of ether oxygens (including phenoxy) is 3. The maximum atomic E-state index is 13.7. The number of hydrogen-bond acceptors (Lipinski definition) is 7. The molecule has 1 aromatic heterocycles. The fourth-order valence-electron chi connectivity index (χ4n) is 4.68. The quantitative estimate of drug-likeness (QED) is 0.351. The van der Waals surface area contributed by atoms with Crippen LogP contribution in [-0.2, 0) is 9.59 Å². The van der Waals surface area contributed by atoms with E-state index in [0.717, 1.165) is 15.8 Å². The van der Waals surface area contributed by atoms with Crippen LogP contribution >= 0.6 is 11.3 Å². The Labute approximate surface area is 218 Å². The summed E-state index contributed by atoms with van der Waals surface area (Å²) in [6.45, 7) is 0. The maximum Gasteiger partial charge on any atom is 0.231 e. The Kier molecular flexibility index (Phi) is 6.96. The summed E-state index contributed by atoms with van der Waals surface area (Å²) in [6.07, 6.45) is 0.681. The van der Waals surface area contributed by atoms with E-state index in [0.29, 0.717) is 34.5 Å². The van der Waals surface area contributed by atoms with Gasteiger partial charge in [-0.05, 0) is 60.5 Å². The van der Waals surface area contributed by atoms with Crippen LogP contribution in [0.3, 0.4) is 0 Å². The Hall–Kier alpha value is -4.11. The lowest BCUT2D eigenvalue weighted by Gasteiger charge is -2.40. The Morgan fingerprint density at radius 1 is 0.919 bits per heavy atom. The van der Waals surface area contributed by atoms with Crippen molar-refractivity contribution in [1.29, 1.82) is 0 Å². The van der Waals surface area contributed by atoms with E-state index in [1.807, 2.05) is 66.7 Å². The molecule has 2 heterocycles. The number of fused-ring (bicyclic) bond motifs is 1. The third kappa shape index (κ3) is 4.95. The zero-order valence-corrected chi connectivity index (χ0v) is 21.6. The summed E-state index contributed by atoms with van der Waals surface area (Å²) in [7, 11) is 4.81. The summed E-state index contributed by atoms with van der Waals surface area (Å²) in [5, 5.41) is 3.52. The van der Waals surface area contributed by atoms with E-state index in [1.54, 1.807) is 26.2 Å². The van der Waals surface area contributed by atoms with Crippen LogP contribution in [0, 0.1) is 5.92 Å². The molecule has 5 rings (SSSR count). The highest BCUT2D eigenvalue weighted by molar-refractivity contribution is 7.22. The van der Waals surface area contributed by atoms with Gasteiger partial charge in [0, 0.05) is 18.2 Å². The van der Waals surface area contributed by atoms with Crippen molar-refractivity contribution in [2.45, 2.75) is 18.9 Å². The van der Waals surface area contributed by atoms with Gasteiger partial charge in [0.05, 0.1) is 43.5 Å². The van der Waals surface area contributed by atoms with Gasteiger partial charge in [-0.15, -0.1) is 0 Å². The lowest BCUT2D eigenvalue weighted by Crippen LogP contribution is -2.46. The number of carbonyl (C=O) groups is 2. The molecule has 4 aromatic rings. The lowest BCUT2D eigenvalue weighted by molar-refractivity contribution is -0.125. The van der Waals surface area contributed by atoms with Crippen molar-refractivity contribution in [3.63, 3.8) is 0 Å². The van der Waals surface area contributed by atoms with Crippen LogP contribution in [0.4, 0.5) is 10.8 Å². The largest absolute Gasteiger partial charge is 0.497 e. The summed E-state index contributed by atoms with van der Waals surface area (Å²) >= 11 is 1.40. The molecule has 190 valence electrons. The first-order chi connectivity index (χ1) is 18.0. The molecule has 2 amide bonds. The minimum atomic E-state index is -0.505. The molecule has 8 nitrogen and oxygen atoms in total. The van der Waals surface area contributed by atoms with E-state index in [-0.39, 0.29) is 18.2 Å². The van der Waals surface area contributed by atoms with Crippen molar-refractivity contribution in [3.05, 3.63) is 72.3 Å². The number of nitrogens with one attached hydrogen (secondary N) is 1. The number of benzene rings is 3. The number of nitrogens with zero attached hydrogens (tertiary/aromatic N) is 2. The van der Waals surface area contributed by atoms with Gasteiger partial charge < -0.3 is 24.4 Å². The number of anilines is 2. The average Bonchev–Trinajstić information content (AvgIpc) is 3.34. The Morgan fingerprint density at radius 3 is 2.19 bits per heavy atom. The number of hydrogen-bond donors (Lipinski definition) is 1. The fraction of sp³-hybridized carbons (Fsp3) is 0.250. The predicted molar refractivity (Wildman–Crippen MR) is 144 cm³/mol. The number of aromatic nitrogens is 1. The molecule has 0 aliphatic carbocycles. The van der Waals surface area contributed by atoms with E-state index in [4.69, 9.17) is 14.2 Å². The van der Waals surface area contributed by atoms with Crippen LogP contribution in [-0.4, -0.2) is 38.1 Å². The Bertz CT molecular complexity index is 1420. The molecule has 0 spiro atoms. The van der Waals surface area contributed by atoms with E-state index in [1.165, 1.54) is 11.3 Å². The highest BCUT2D eigenvalue weighted by Crippen LogP contribution is 2.41. The topological polar surface area (TPSA) is 90.0 Å². The third-order valence-corrected chi connectivity index (χ3v) is 7.52. The maximum absolute atomic E-state index is 13.7. The summed E-state index contributed by atoms with van der Waals surface area (Å²) < 4.78 is 16.8. The molecule has 1 N–H and O–H groups in total. The van der Waals surface area contributed by atoms with Crippen molar-refractivity contribution in [3.8, 4) is 17.2 Å². The molecule has 3 aromatic carbocycles. The summed E-state index contributed by atoms with van der Waals surface area (Å²) in [5.41, 5.74) is 2.31. The predicted octanol–water partition coefficient (Wildman–Crippen LogP) is 5.45. The van der Waals surface area contributed by atoms with E-state index in [9.17, 15) is 9.59 Å². The first-order valence-corrected chi connectivity index (χ1v) is 12.7. The van der Waals surface area contributed by atoms with Gasteiger partial charge >= 0.3 is 0 Å². The van der Waals surface area contributed by atoms with Crippen LogP contribution in [0.15, 0.2) is 66.7 Å². The van der Waals surface area contributed by atoms with E-state index < -0.39 is 12.0 Å². The normalized spacial score (nSPS) is 17.5. The third-order valence-electron chi connectivity index (χ3n) is 6.57. The molecule has 0 unspecified atom stereocenters. The molecule has 2 atom stereocenters. The van der Waals surface area contributed by atoms with Crippen molar-refractivity contribution in [2.24, 2.45) is 5.92 Å². The second kappa shape index (κ2) is 10.5. The van der Waals surface area contributed by atoms with Crippen molar-refractivity contribution in [2.75, 3.05) is 31.5 Å². The van der Waals surface area contributed by atoms with Crippen LogP contribution in [0.2, 0.25) is 0 Å². The standard InChI is InChI=1S/C28H27N3O5S/c1-34-19-8-4-17(5-9-19)26-22(13-15-25(32)31(26)18-6-10-20(35-2)11-7-18)27(33)30-28-29-23-16-21(36-3)12-14-24(23)37-28/h4-12,14,16,22,26H,13,15H2,1-3H3,(H,29,30,33)/t22-,26-/m1/s1. The zero-order valence-electron chi connectivity index (χ0n) is 20.8. The number of rotatable bonds is 7. The van der Waals surface area contributed by atoms with Gasteiger partial charge in [0.15, 0.2) is 5.13 Å². The molecule has 0 saturated carbocycles. The van der Waals surface area contributed by atoms with Crippen LogP contribution in [0.1, 0.15) is 24.4 Å². The highest BCUT2D eigenvalue weighted by Gasteiger charge is 2.41. The van der Waals surface area contributed by atoms with Crippen molar-refractivity contribution >= 4 is 44.2 Å². The molecule has 1 aliphatic heterocycles. The molecule has 1 saturated heterocycles. The number of piperidine rings is 1. The number of carbonyl (C=O) groups excluding carboxylic acids is 2. The number of methoxy groups -OCH3 is 3. The van der Waals surface area contributed by atoms with Gasteiger partial charge in [0.25, 0.3) is 0 Å². The van der Waals surface area contributed by atoms with E-state index in [2.05, 4.69) is 10.3 Å². The molecular weight excluding hydrogens is 490 g/mol. The summed E-state index contributed by atoms with van der Waals surface area (Å²) in [6, 6.07) is 19.9. The van der Waals surface area contributed by atoms with Gasteiger partial charge in [0.2, 0.25) is 11.8 Å². The Morgan fingerprint density at radius 2 is 1.54 bits per heavy atom. The molecule has 9 heteroatoms. The first-order valence-electron chi connectivity index (χ1n) is 11.9. The molecule has 37 heavy (non-hydrogen) atoms. The highest BCUT2D eigenvalue weighted by atomic mass is 32.1. The SMILES string of the molecule is COc1ccc([C@@H]2[C@H](C(=O)Nc3nc4cc(OC)ccc4s3)CCC(=O)N2c2ccc(OC)cc2)cc1. The van der Waals surface area contributed by atoms with Crippen LogP contribution < -0.4 is 24.4 Å². The van der Waals surface area contributed by atoms with Crippen LogP contribution in [0.25, 0.3) is 10.2 Å². The lowest BCUT2D eigenvalue weighted by atomic mass is 9.83. The molecule has 1 aliphatic rings. The molecule has 1 fully saturated rings. The van der Waals surface area contributed by atoms with Gasteiger partial charge in [0.1, 0.15) is 17.2 Å². The minimum absolute atomic E-state index is 0.0397. The van der Waals surface area contributed by atoms with Gasteiger partial charge in [-0.3, -0.25) is 9.59 Å².